The van der Waals surface area contributed by atoms with Crippen LogP contribution in [0.2, 0.25) is 0 Å². The molecule has 2 rings (SSSR count). The summed E-state index contributed by atoms with van der Waals surface area (Å²) < 4.78 is 31.5. The van der Waals surface area contributed by atoms with Crippen LogP contribution in [0.5, 0.6) is 0 Å². The highest BCUT2D eigenvalue weighted by molar-refractivity contribution is 5.97. The number of ether oxygens (including phenoxy) is 1. The largest absolute Gasteiger partial charge is 0.449 e. The number of hydrogen-bond donors (Lipinski definition) is 1. The number of hydrogen-bond acceptors (Lipinski definition) is 4. The molecule has 7 heteroatoms. The third-order valence-electron chi connectivity index (χ3n) is 3.07. The molecule has 0 unspecified atom stereocenters. The predicted molar refractivity (Wildman–Crippen MR) is 81.0 cm³/mol. The number of carbonyl (C=O) groups excluding carboxylic acids is 2. The number of nitrogens with one attached hydrogen (secondary N) is 1. The molecule has 0 aliphatic heterocycles. The third-order valence-corrected chi connectivity index (χ3v) is 3.07. The van der Waals surface area contributed by atoms with Crippen molar-refractivity contribution in [3.05, 3.63) is 65.2 Å². The highest BCUT2D eigenvalue weighted by Crippen LogP contribution is 2.16. The van der Waals surface area contributed by atoms with Crippen molar-refractivity contribution in [1.82, 2.24) is 0 Å². The number of anilines is 1. The van der Waals surface area contributed by atoms with Crippen molar-refractivity contribution in [1.29, 1.82) is 5.26 Å². The lowest BCUT2D eigenvalue weighted by Gasteiger charge is -2.14. The minimum atomic E-state index is -1.24. The molecular formula is C17H12F2N2O3. The van der Waals surface area contributed by atoms with E-state index in [4.69, 9.17) is 10.00 Å². The van der Waals surface area contributed by atoms with Crippen LogP contribution in [-0.4, -0.2) is 18.0 Å². The van der Waals surface area contributed by atoms with E-state index >= 15 is 0 Å². The van der Waals surface area contributed by atoms with E-state index in [1.807, 2.05) is 6.07 Å². The van der Waals surface area contributed by atoms with Gasteiger partial charge in [-0.15, -0.1) is 0 Å². The second-order valence-corrected chi connectivity index (χ2v) is 4.85. The summed E-state index contributed by atoms with van der Waals surface area (Å²) in [6.45, 7) is 1.29. The Morgan fingerprint density at radius 3 is 2.67 bits per heavy atom. The number of esters is 1. The molecule has 0 heterocycles. The molecule has 0 spiro atoms. The highest BCUT2D eigenvalue weighted by atomic mass is 19.1. The fraction of sp³-hybridized carbons (Fsp3) is 0.118. The first-order valence-corrected chi connectivity index (χ1v) is 6.88. The first-order valence-electron chi connectivity index (χ1n) is 6.88. The number of amides is 1. The zero-order valence-corrected chi connectivity index (χ0v) is 12.5. The number of nitriles is 1. The normalized spacial score (nSPS) is 11.2. The average Bonchev–Trinajstić information content (AvgIpc) is 2.58. The summed E-state index contributed by atoms with van der Waals surface area (Å²) in [6, 6.07) is 10.2. The molecule has 0 radical (unpaired) electrons. The van der Waals surface area contributed by atoms with Gasteiger partial charge in [0.25, 0.3) is 5.91 Å². The predicted octanol–water partition coefficient (Wildman–Crippen LogP) is 3.02. The first kappa shape index (κ1) is 17.1. The van der Waals surface area contributed by atoms with E-state index < -0.39 is 29.6 Å². The molecule has 2 aromatic carbocycles. The monoisotopic (exact) mass is 330 g/mol. The van der Waals surface area contributed by atoms with Crippen LogP contribution in [0.25, 0.3) is 0 Å². The van der Waals surface area contributed by atoms with E-state index in [0.717, 1.165) is 18.2 Å². The second kappa shape index (κ2) is 7.33. The summed E-state index contributed by atoms with van der Waals surface area (Å²) in [5, 5.41) is 10.9. The van der Waals surface area contributed by atoms with Gasteiger partial charge in [0.1, 0.15) is 11.6 Å². The molecule has 0 aliphatic rings. The summed E-state index contributed by atoms with van der Waals surface area (Å²) in [4.78, 5) is 23.9. The van der Waals surface area contributed by atoms with Crippen LogP contribution in [0.3, 0.4) is 0 Å². The van der Waals surface area contributed by atoms with Gasteiger partial charge in [0.15, 0.2) is 6.10 Å². The lowest BCUT2D eigenvalue weighted by Crippen LogP contribution is -2.30. The summed E-state index contributed by atoms with van der Waals surface area (Å²) in [6.07, 6.45) is -1.24. The topological polar surface area (TPSA) is 79.2 Å². The van der Waals surface area contributed by atoms with Crippen LogP contribution >= 0.6 is 0 Å². The Morgan fingerprint density at radius 1 is 1.21 bits per heavy atom. The van der Waals surface area contributed by atoms with Crippen molar-refractivity contribution >= 4 is 17.6 Å². The van der Waals surface area contributed by atoms with Crippen LogP contribution in [-0.2, 0) is 9.53 Å². The Labute approximate surface area is 136 Å². The Bertz CT molecular complexity index is 831. The molecule has 0 bridgehead atoms. The van der Waals surface area contributed by atoms with Crippen molar-refractivity contribution < 1.29 is 23.1 Å². The molecule has 2 aromatic rings. The Balaban J connectivity index is 2.04. The van der Waals surface area contributed by atoms with Gasteiger partial charge in [0.05, 0.1) is 22.9 Å². The standard InChI is InChI=1S/C17H12F2N2O3/c1-10(16(22)21-15-8-13(18)5-6-14(15)19)24-17(23)12-4-2-3-11(7-12)9-20/h2-8,10H,1H3,(H,21,22)/t10-/m1/s1. The van der Waals surface area contributed by atoms with Gasteiger partial charge in [0, 0.05) is 6.07 Å². The average molecular weight is 330 g/mol. The lowest BCUT2D eigenvalue weighted by atomic mass is 10.1. The zero-order chi connectivity index (χ0) is 17.7. The molecular weight excluding hydrogens is 318 g/mol. The summed E-state index contributed by atoms with van der Waals surface area (Å²) in [5.74, 6) is -3.16. The van der Waals surface area contributed by atoms with Crippen molar-refractivity contribution in [2.45, 2.75) is 13.0 Å². The van der Waals surface area contributed by atoms with Gasteiger partial charge in [-0.2, -0.15) is 5.26 Å². The minimum absolute atomic E-state index is 0.102. The molecule has 0 aliphatic carbocycles. The van der Waals surface area contributed by atoms with Crippen LogP contribution in [0, 0.1) is 23.0 Å². The second-order valence-electron chi connectivity index (χ2n) is 4.85. The number of halogens is 2. The van der Waals surface area contributed by atoms with Crippen molar-refractivity contribution in [3.63, 3.8) is 0 Å². The summed E-state index contributed by atoms with van der Waals surface area (Å²) in [5.41, 5.74) is 0.0170. The Morgan fingerprint density at radius 2 is 1.96 bits per heavy atom. The van der Waals surface area contributed by atoms with Crippen LogP contribution in [0.4, 0.5) is 14.5 Å². The fourth-order valence-electron chi connectivity index (χ4n) is 1.83. The maximum Gasteiger partial charge on any atom is 0.338 e. The van der Waals surface area contributed by atoms with Crippen LogP contribution in [0.15, 0.2) is 42.5 Å². The molecule has 0 fully saturated rings. The molecule has 1 N–H and O–H groups in total. The first-order chi connectivity index (χ1) is 11.4. The highest BCUT2D eigenvalue weighted by Gasteiger charge is 2.20. The fourth-order valence-corrected chi connectivity index (χ4v) is 1.83. The van der Waals surface area contributed by atoms with Crippen molar-refractivity contribution in [2.75, 3.05) is 5.32 Å². The summed E-state index contributed by atoms with van der Waals surface area (Å²) >= 11 is 0. The number of carbonyl (C=O) groups is 2. The van der Waals surface area contributed by atoms with Gasteiger partial charge in [-0.1, -0.05) is 6.07 Å². The molecule has 0 saturated carbocycles. The van der Waals surface area contributed by atoms with Crippen molar-refractivity contribution in [3.8, 4) is 6.07 Å². The molecule has 0 aromatic heterocycles. The van der Waals surface area contributed by atoms with Crippen LogP contribution < -0.4 is 5.32 Å². The number of nitrogens with zero attached hydrogens (tertiary/aromatic N) is 1. The van der Waals surface area contributed by atoms with Gasteiger partial charge < -0.3 is 10.1 Å². The van der Waals surface area contributed by atoms with Gasteiger partial charge in [-0.3, -0.25) is 4.79 Å². The SMILES string of the molecule is C[C@@H](OC(=O)c1cccc(C#N)c1)C(=O)Nc1cc(F)ccc1F. The van der Waals surface area contributed by atoms with E-state index in [9.17, 15) is 18.4 Å². The quantitative estimate of drug-likeness (QED) is 0.874. The van der Waals surface area contributed by atoms with Crippen molar-refractivity contribution in [2.24, 2.45) is 0 Å². The summed E-state index contributed by atoms with van der Waals surface area (Å²) in [7, 11) is 0. The van der Waals surface area contributed by atoms with E-state index in [0.29, 0.717) is 0 Å². The zero-order valence-electron chi connectivity index (χ0n) is 12.5. The maximum atomic E-state index is 13.5. The maximum absolute atomic E-state index is 13.5. The van der Waals surface area contributed by atoms with Gasteiger partial charge in [-0.25, -0.2) is 13.6 Å². The third kappa shape index (κ3) is 4.14. The van der Waals surface area contributed by atoms with E-state index in [1.165, 1.54) is 31.2 Å². The molecule has 1 amide bonds. The van der Waals surface area contributed by atoms with E-state index in [2.05, 4.69) is 5.32 Å². The van der Waals surface area contributed by atoms with Gasteiger partial charge in [0.2, 0.25) is 0 Å². The smallest absolute Gasteiger partial charge is 0.338 e. The van der Waals surface area contributed by atoms with E-state index in [-0.39, 0.29) is 16.8 Å². The van der Waals surface area contributed by atoms with Crippen LogP contribution in [0.1, 0.15) is 22.8 Å². The van der Waals surface area contributed by atoms with E-state index in [1.54, 1.807) is 0 Å². The molecule has 24 heavy (non-hydrogen) atoms. The molecule has 0 saturated heterocycles. The van der Waals surface area contributed by atoms with Gasteiger partial charge >= 0.3 is 5.97 Å². The minimum Gasteiger partial charge on any atom is -0.449 e. The molecule has 5 nitrogen and oxygen atoms in total. The Hall–Kier alpha value is -3.27. The lowest BCUT2D eigenvalue weighted by molar-refractivity contribution is -0.123. The number of benzene rings is 2. The Kier molecular flexibility index (Phi) is 5.22. The molecule has 1 atom stereocenters. The van der Waals surface area contributed by atoms with Gasteiger partial charge in [-0.05, 0) is 37.3 Å². The number of rotatable bonds is 4. The molecule has 122 valence electrons.